The maximum Gasteiger partial charge on any atom is 0.254 e. The molecule has 0 aliphatic heterocycles. The normalized spacial score (nSPS) is 10.7. The van der Waals surface area contributed by atoms with Gasteiger partial charge in [0.15, 0.2) is 0 Å². The molecule has 1 aromatic heterocycles. The van der Waals surface area contributed by atoms with Crippen LogP contribution in [-0.2, 0) is 6.54 Å². The van der Waals surface area contributed by atoms with Gasteiger partial charge in [-0.3, -0.25) is 9.59 Å². The number of hydrogen-bond donors (Lipinski definition) is 1. The SMILES string of the molecule is CCN(Cc1cc2ccccc2[nH]c1=O)C(=O)c1ccccc1. The third kappa shape index (κ3) is 3.16. The molecule has 0 aliphatic rings. The maximum atomic E-state index is 12.6. The summed E-state index contributed by atoms with van der Waals surface area (Å²) in [7, 11) is 0. The molecule has 3 aromatic rings. The summed E-state index contributed by atoms with van der Waals surface area (Å²) in [5.74, 6) is -0.0688. The van der Waals surface area contributed by atoms with Crippen LogP contribution < -0.4 is 5.56 Å². The van der Waals surface area contributed by atoms with E-state index in [2.05, 4.69) is 4.98 Å². The lowest BCUT2D eigenvalue weighted by molar-refractivity contribution is 0.0752. The van der Waals surface area contributed by atoms with Crippen LogP contribution >= 0.6 is 0 Å². The number of H-pyrrole nitrogens is 1. The highest BCUT2D eigenvalue weighted by Crippen LogP contribution is 2.13. The van der Waals surface area contributed by atoms with E-state index in [1.54, 1.807) is 17.0 Å². The molecule has 116 valence electrons. The summed E-state index contributed by atoms with van der Waals surface area (Å²) in [4.78, 5) is 29.4. The van der Waals surface area contributed by atoms with Gasteiger partial charge < -0.3 is 9.88 Å². The van der Waals surface area contributed by atoms with Gasteiger partial charge in [0.1, 0.15) is 0 Å². The van der Waals surface area contributed by atoms with Gasteiger partial charge in [0, 0.05) is 23.2 Å². The predicted molar refractivity (Wildman–Crippen MR) is 91.4 cm³/mol. The average Bonchev–Trinajstić information content (AvgIpc) is 2.60. The van der Waals surface area contributed by atoms with E-state index in [9.17, 15) is 9.59 Å². The number of aromatic nitrogens is 1. The van der Waals surface area contributed by atoms with Crippen molar-refractivity contribution < 1.29 is 4.79 Å². The highest BCUT2D eigenvalue weighted by atomic mass is 16.2. The fourth-order valence-corrected chi connectivity index (χ4v) is 2.61. The number of nitrogens with zero attached hydrogens (tertiary/aromatic N) is 1. The zero-order valence-corrected chi connectivity index (χ0v) is 13.0. The molecule has 4 nitrogen and oxygen atoms in total. The van der Waals surface area contributed by atoms with E-state index >= 15 is 0 Å². The van der Waals surface area contributed by atoms with Crippen LogP contribution in [-0.4, -0.2) is 22.3 Å². The van der Waals surface area contributed by atoms with Gasteiger partial charge in [-0.25, -0.2) is 0 Å². The lowest BCUT2D eigenvalue weighted by Crippen LogP contribution is -2.32. The molecule has 0 unspecified atom stereocenters. The zero-order chi connectivity index (χ0) is 16.2. The van der Waals surface area contributed by atoms with Gasteiger partial charge in [0.2, 0.25) is 0 Å². The first kappa shape index (κ1) is 15.0. The van der Waals surface area contributed by atoms with E-state index in [4.69, 9.17) is 0 Å². The first-order chi connectivity index (χ1) is 11.2. The lowest BCUT2D eigenvalue weighted by Gasteiger charge is -2.21. The van der Waals surface area contributed by atoms with Crippen molar-refractivity contribution in [3.8, 4) is 0 Å². The Morgan fingerprint density at radius 2 is 1.74 bits per heavy atom. The quantitative estimate of drug-likeness (QED) is 0.805. The molecule has 1 N–H and O–H groups in total. The number of para-hydroxylation sites is 1. The molecule has 0 saturated carbocycles. The third-order valence-corrected chi connectivity index (χ3v) is 3.88. The number of nitrogens with one attached hydrogen (secondary N) is 1. The summed E-state index contributed by atoms with van der Waals surface area (Å²) >= 11 is 0. The van der Waals surface area contributed by atoms with Crippen LogP contribution in [0.5, 0.6) is 0 Å². The van der Waals surface area contributed by atoms with Gasteiger partial charge in [-0.15, -0.1) is 0 Å². The second kappa shape index (κ2) is 6.48. The van der Waals surface area contributed by atoms with Gasteiger partial charge >= 0.3 is 0 Å². The Labute approximate surface area is 134 Å². The van der Waals surface area contributed by atoms with Crippen LogP contribution in [0.25, 0.3) is 10.9 Å². The molecule has 1 amide bonds. The summed E-state index contributed by atoms with van der Waals surface area (Å²) < 4.78 is 0. The average molecular weight is 306 g/mol. The Morgan fingerprint density at radius 3 is 2.48 bits per heavy atom. The van der Waals surface area contributed by atoms with Crippen LogP contribution in [0.2, 0.25) is 0 Å². The Balaban J connectivity index is 1.91. The minimum absolute atomic E-state index is 0.0688. The Bertz CT molecular complexity index is 885. The zero-order valence-electron chi connectivity index (χ0n) is 13.0. The van der Waals surface area contributed by atoms with E-state index in [1.165, 1.54) is 0 Å². The predicted octanol–water partition coefficient (Wildman–Crippen LogP) is 3.19. The number of aromatic amines is 1. The van der Waals surface area contributed by atoms with E-state index in [-0.39, 0.29) is 11.5 Å². The second-order valence-corrected chi connectivity index (χ2v) is 5.40. The van der Waals surface area contributed by atoms with Gasteiger partial charge in [-0.05, 0) is 36.6 Å². The smallest absolute Gasteiger partial charge is 0.254 e. The van der Waals surface area contributed by atoms with Gasteiger partial charge in [0.25, 0.3) is 11.5 Å². The Kier molecular flexibility index (Phi) is 4.24. The summed E-state index contributed by atoms with van der Waals surface area (Å²) in [5.41, 5.74) is 1.88. The molecule has 0 saturated heterocycles. The number of hydrogen-bond acceptors (Lipinski definition) is 2. The van der Waals surface area contributed by atoms with Crippen molar-refractivity contribution in [3.05, 3.63) is 82.1 Å². The fourth-order valence-electron chi connectivity index (χ4n) is 2.61. The molecule has 0 spiro atoms. The summed E-state index contributed by atoms with van der Waals surface area (Å²) in [6.45, 7) is 2.75. The molecule has 3 rings (SSSR count). The van der Waals surface area contributed by atoms with Crippen molar-refractivity contribution in [2.75, 3.05) is 6.54 Å². The first-order valence-corrected chi connectivity index (χ1v) is 7.64. The molecule has 0 aliphatic carbocycles. The van der Waals surface area contributed by atoms with Gasteiger partial charge in [0.05, 0.1) is 6.54 Å². The number of fused-ring (bicyclic) bond motifs is 1. The highest BCUT2D eigenvalue weighted by molar-refractivity contribution is 5.94. The van der Waals surface area contributed by atoms with Crippen LogP contribution in [0.4, 0.5) is 0 Å². The number of amides is 1. The van der Waals surface area contributed by atoms with Crippen LogP contribution in [0.1, 0.15) is 22.8 Å². The molecule has 1 heterocycles. The largest absolute Gasteiger partial charge is 0.334 e. The number of carbonyl (C=O) groups is 1. The Hall–Kier alpha value is -2.88. The Morgan fingerprint density at radius 1 is 1.04 bits per heavy atom. The summed E-state index contributed by atoms with van der Waals surface area (Å²) in [5, 5.41) is 0.963. The van der Waals surface area contributed by atoms with Gasteiger partial charge in [-0.2, -0.15) is 0 Å². The molecule has 0 fully saturated rings. The van der Waals surface area contributed by atoms with Crippen molar-refractivity contribution >= 4 is 16.8 Å². The molecule has 0 radical (unpaired) electrons. The maximum absolute atomic E-state index is 12.6. The van der Waals surface area contributed by atoms with Crippen molar-refractivity contribution in [3.63, 3.8) is 0 Å². The number of rotatable bonds is 4. The molecule has 2 aromatic carbocycles. The highest BCUT2D eigenvalue weighted by Gasteiger charge is 2.16. The topological polar surface area (TPSA) is 53.2 Å². The second-order valence-electron chi connectivity index (χ2n) is 5.40. The number of carbonyl (C=O) groups excluding carboxylic acids is 1. The van der Waals surface area contributed by atoms with E-state index < -0.39 is 0 Å². The van der Waals surface area contributed by atoms with Crippen molar-refractivity contribution in [1.82, 2.24) is 9.88 Å². The van der Waals surface area contributed by atoms with E-state index in [1.807, 2.05) is 55.5 Å². The third-order valence-electron chi connectivity index (χ3n) is 3.88. The van der Waals surface area contributed by atoms with Crippen LogP contribution in [0, 0.1) is 0 Å². The van der Waals surface area contributed by atoms with E-state index in [0.717, 1.165) is 10.9 Å². The summed E-state index contributed by atoms with van der Waals surface area (Å²) in [6, 6.07) is 18.6. The summed E-state index contributed by atoms with van der Waals surface area (Å²) in [6.07, 6.45) is 0. The lowest BCUT2D eigenvalue weighted by atomic mass is 10.1. The number of pyridine rings is 1. The van der Waals surface area contributed by atoms with E-state index in [0.29, 0.717) is 24.2 Å². The van der Waals surface area contributed by atoms with Gasteiger partial charge in [-0.1, -0.05) is 36.4 Å². The minimum Gasteiger partial charge on any atom is -0.334 e. The van der Waals surface area contributed by atoms with Crippen molar-refractivity contribution in [2.24, 2.45) is 0 Å². The molecule has 0 bridgehead atoms. The fraction of sp³-hybridized carbons (Fsp3) is 0.158. The first-order valence-electron chi connectivity index (χ1n) is 7.64. The van der Waals surface area contributed by atoms with Crippen LogP contribution in [0.15, 0.2) is 65.5 Å². The molecular formula is C19H18N2O2. The molecule has 0 atom stereocenters. The standard InChI is InChI=1S/C19H18N2O2/c1-2-21(19(23)14-8-4-3-5-9-14)13-16-12-15-10-6-7-11-17(15)20-18(16)22/h3-12H,2,13H2,1H3,(H,20,22). The van der Waals surface area contributed by atoms with Crippen molar-refractivity contribution in [2.45, 2.75) is 13.5 Å². The van der Waals surface area contributed by atoms with Crippen LogP contribution in [0.3, 0.4) is 0 Å². The molecule has 23 heavy (non-hydrogen) atoms. The monoisotopic (exact) mass is 306 g/mol. The molecular weight excluding hydrogens is 288 g/mol. The number of benzene rings is 2. The van der Waals surface area contributed by atoms with Crippen molar-refractivity contribution in [1.29, 1.82) is 0 Å². The molecule has 4 heteroatoms. The minimum atomic E-state index is -0.150.